The molecule has 1 aromatic heterocycles. The average Bonchev–Trinajstić information content (AvgIpc) is 2.38. The number of carboxylic acids is 1. The molecule has 1 aromatic carbocycles. The zero-order valence-corrected chi connectivity index (χ0v) is 11.0. The van der Waals surface area contributed by atoms with Crippen molar-refractivity contribution in [1.82, 2.24) is 4.98 Å². The van der Waals surface area contributed by atoms with Crippen LogP contribution in [0.4, 0.5) is 0 Å². The smallest absolute Gasteiger partial charge is 0.341 e. The Morgan fingerprint density at radius 1 is 1.37 bits per heavy atom. The van der Waals surface area contributed by atoms with E-state index in [0.717, 1.165) is 5.56 Å². The first-order valence-corrected chi connectivity index (χ1v) is 6.01. The number of benzene rings is 1. The molecular formula is C14H12ClNO3. The average molecular weight is 278 g/mol. The molecule has 5 heteroatoms. The molecule has 0 saturated heterocycles. The minimum Gasteiger partial charge on any atom is -0.488 e. The molecule has 0 unspecified atom stereocenters. The number of nitrogens with zero attached hydrogens (tertiary/aromatic N) is 1. The van der Waals surface area contributed by atoms with Gasteiger partial charge in [-0.1, -0.05) is 23.7 Å². The quantitative estimate of drug-likeness (QED) is 0.931. The van der Waals surface area contributed by atoms with Crippen LogP contribution in [0, 0.1) is 6.92 Å². The van der Waals surface area contributed by atoms with Gasteiger partial charge in [0.15, 0.2) is 0 Å². The van der Waals surface area contributed by atoms with E-state index in [9.17, 15) is 4.79 Å². The van der Waals surface area contributed by atoms with Crippen molar-refractivity contribution in [2.24, 2.45) is 0 Å². The van der Waals surface area contributed by atoms with Crippen molar-refractivity contribution in [3.8, 4) is 5.75 Å². The lowest BCUT2D eigenvalue weighted by atomic mass is 10.2. The fourth-order valence-corrected chi connectivity index (χ4v) is 1.68. The first kappa shape index (κ1) is 13.4. The van der Waals surface area contributed by atoms with E-state index in [0.29, 0.717) is 16.5 Å². The van der Waals surface area contributed by atoms with Gasteiger partial charge in [-0.25, -0.2) is 4.79 Å². The SMILES string of the molecule is Cc1cc(OCc2ccc(Cl)cc2)c(C(=O)O)cn1. The van der Waals surface area contributed by atoms with E-state index < -0.39 is 5.97 Å². The minimum absolute atomic E-state index is 0.0552. The molecule has 0 aliphatic rings. The summed E-state index contributed by atoms with van der Waals surface area (Å²) >= 11 is 5.79. The van der Waals surface area contributed by atoms with Crippen LogP contribution in [0.25, 0.3) is 0 Å². The molecule has 0 aliphatic carbocycles. The fraction of sp³-hybridized carbons (Fsp3) is 0.143. The van der Waals surface area contributed by atoms with Gasteiger partial charge in [0, 0.05) is 23.0 Å². The van der Waals surface area contributed by atoms with Crippen LogP contribution < -0.4 is 4.74 Å². The second-order valence-electron chi connectivity index (χ2n) is 4.04. The van der Waals surface area contributed by atoms with Gasteiger partial charge in [0.05, 0.1) is 0 Å². The molecule has 1 N–H and O–H groups in total. The molecular weight excluding hydrogens is 266 g/mol. The minimum atomic E-state index is -1.06. The number of ether oxygens (including phenoxy) is 1. The van der Waals surface area contributed by atoms with E-state index in [1.54, 1.807) is 25.1 Å². The topological polar surface area (TPSA) is 59.4 Å². The molecule has 1 heterocycles. The van der Waals surface area contributed by atoms with Crippen molar-refractivity contribution in [3.63, 3.8) is 0 Å². The highest BCUT2D eigenvalue weighted by Crippen LogP contribution is 2.20. The number of halogens is 1. The fourth-order valence-electron chi connectivity index (χ4n) is 1.56. The van der Waals surface area contributed by atoms with E-state index in [-0.39, 0.29) is 12.2 Å². The normalized spacial score (nSPS) is 10.2. The summed E-state index contributed by atoms with van der Waals surface area (Å²) in [6.07, 6.45) is 1.30. The van der Waals surface area contributed by atoms with Crippen molar-refractivity contribution in [2.45, 2.75) is 13.5 Å². The molecule has 0 saturated carbocycles. The molecule has 0 radical (unpaired) electrons. The molecule has 0 aliphatic heterocycles. The summed E-state index contributed by atoms with van der Waals surface area (Å²) in [4.78, 5) is 15.0. The summed E-state index contributed by atoms with van der Waals surface area (Å²) < 4.78 is 5.54. The highest BCUT2D eigenvalue weighted by molar-refractivity contribution is 6.30. The van der Waals surface area contributed by atoms with E-state index in [1.807, 2.05) is 12.1 Å². The van der Waals surface area contributed by atoms with Crippen molar-refractivity contribution < 1.29 is 14.6 Å². The van der Waals surface area contributed by atoms with Crippen molar-refractivity contribution in [3.05, 3.63) is 58.4 Å². The zero-order chi connectivity index (χ0) is 13.8. The maximum Gasteiger partial charge on any atom is 0.341 e. The van der Waals surface area contributed by atoms with Crippen molar-refractivity contribution in [2.75, 3.05) is 0 Å². The van der Waals surface area contributed by atoms with Gasteiger partial charge in [-0.2, -0.15) is 0 Å². The molecule has 2 rings (SSSR count). The monoisotopic (exact) mass is 277 g/mol. The van der Waals surface area contributed by atoms with Crippen LogP contribution in [0.1, 0.15) is 21.6 Å². The third-order valence-electron chi connectivity index (χ3n) is 2.54. The van der Waals surface area contributed by atoms with Crippen LogP contribution in [0.3, 0.4) is 0 Å². The van der Waals surface area contributed by atoms with Gasteiger partial charge in [0.25, 0.3) is 0 Å². The Balaban J connectivity index is 2.16. The van der Waals surface area contributed by atoms with Gasteiger partial charge < -0.3 is 9.84 Å². The number of aromatic carboxylic acids is 1. The Kier molecular flexibility index (Phi) is 4.02. The number of rotatable bonds is 4. The number of carboxylic acid groups (broad SMARTS) is 1. The Bertz CT molecular complexity index is 596. The lowest BCUT2D eigenvalue weighted by Crippen LogP contribution is -2.04. The van der Waals surface area contributed by atoms with E-state index in [2.05, 4.69) is 4.98 Å². The van der Waals surface area contributed by atoms with E-state index in [1.165, 1.54) is 6.20 Å². The molecule has 2 aromatic rings. The third-order valence-corrected chi connectivity index (χ3v) is 2.79. The number of carbonyl (C=O) groups is 1. The summed E-state index contributed by atoms with van der Waals surface area (Å²) in [7, 11) is 0. The number of pyridine rings is 1. The maximum absolute atomic E-state index is 11.1. The number of aryl methyl sites for hydroxylation is 1. The second-order valence-corrected chi connectivity index (χ2v) is 4.48. The van der Waals surface area contributed by atoms with Crippen LogP contribution in [0.5, 0.6) is 5.75 Å². The molecule has 0 fully saturated rings. The molecule has 19 heavy (non-hydrogen) atoms. The Hall–Kier alpha value is -2.07. The molecule has 0 atom stereocenters. The van der Waals surface area contributed by atoms with Crippen LogP contribution in [-0.2, 0) is 6.61 Å². The van der Waals surface area contributed by atoms with Crippen LogP contribution in [0.15, 0.2) is 36.5 Å². The molecule has 0 amide bonds. The summed E-state index contributed by atoms with van der Waals surface area (Å²) in [5.41, 5.74) is 1.67. The Morgan fingerprint density at radius 3 is 2.68 bits per heavy atom. The first-order valence-electron chi connectivity index (χ1n) is 5.63. The summed E-state index contributed by atoms with van der Waals surface area (Å²) in [5.74, 6) is -0.742. The van der Waals surface area contributed by atoms with Gasteiger partial charge in [0.2, 0.25) is 0 Å². The van der Waals surface area contributed by atoms with Gasteiger partial charge in [-0.05, 0) is 24.6 Å². The lowest BCUT2D eigenvalue weighted by molar-refractivity contribution is 0.0691. The summed E-state index contributed by atoms with van der Waals surface area (Å²) in [5, 5.41) is 9.70. The first-order chi connectivity index (χ1) is 9.06. The molecule has 0 bridgehead atoms. The highest BCUT2D eigenvalue weighted by atomic mass is 35.5. The predicted octanol–water partition coefficient (Wildman–Crippen LogP) is 3.32. The molecule has 4 nitrogen and oxygen atoms in total. The zero-order valence-electron chi connectivity index (χ0n) is 10.3. The van der Waals surface area contributed by atoms with Crippen LogP contribution >= 0.6 is 11.6 Å². The van der Waals surface area contributed by atoms with E-state index >= 15 is 0 Å². The van der Waals surface area contributed by atoms with Crippen LogP contribution in [-0.4, -0.2) is 16.1 Å². The summed E-state index contributed by atoms with van der Waals surface area (Å²) in [6.45, 7) is 2.06. The predicted molar refractivity (Wildman–Crippen MR) is 71.7 cm³/mol. The second kappa shape index (κ2) is 5.71. The standard InChI is InChI=1S/C14H12ClNO3/c1-9-6-13(12(7-16-9)14(17)18)19-8-10-2-4-11(15)5-3-10/h2-7H,8H2,1H3,(H,17,18). The lowest BCUT2D eigenvalue weighted by Gasteiger charge is -2.09. The Labute approximate surface area is 115 Å². The largest absolute Gasteiger partial charge is 0.488 e. The van der Waals surface area contributed by atoms with Gasteiger partial charge in [0.1, 0.15) is 17.9 Å². The Morgan fingerprint density at radius 2 is 2.05 bits per heavy atom. The van der Waals surface area contributed by atoms with Crippen LogP contribution in [0.2, 0.25) is 5.02 Å². The summed E-state index contributed by atoms with van der Waals surface area (Å²) in [6, 6.07) is 8.79. The van der Waals surface area contributed by atoms with Crippen molar-refractivity contribution >= 4 is 17.6 Å². The van der Waals surface area contributed by atoms with E-state index in [4.69, 9.17) is 21.4 Å². The molecule has 98 valence electrons. The number of hydrogen-bond donors (Lipinski definition) is 1. The number of hydrogen-bond acceptors (Lipinski definition) is 3. The highest BCUT2D eigenvalue weighted by Gasteiger charge is 2.12. The van der Waals surface area contributed by atoms with Gasteiger partial charge in [-0.3, -0.25) is 4.98 Å². The van der Waals surface area contributed by atoms with Crippen molar-refractivity contribution in [1.29, 1.82) is 0 Å². The molecule has 0 spiro atoms. The van der Waals surface area contributed by atoms with Gasteiger partial charge >= 0.3 is 5.97 Å². The number of aromatic nitrogens is 1. The third kappa shape index (κ3) is 3.45. The maximum atomic E-state index is 11.1. The van der Waals surface area contributed by atoms with Gasteiger partial charge in [-0.15, -0.1) is 0 Å².